The molecule has 10 heteroatoms. The van der Waals surface area contributed by atoms with Crippen LogP contribution in [-0.4, -0.2) is 55.4 Å². The molecule has 0 saturated carbocycles. The van der Waals surface area contributed by atoms with Crippen molar-refractivity contribution in [2.45, 2.75) is 51.5 Å². The molecule has 3 N–H and O–H groups in total. The molecular formula is C33H35N7O3. The van der Waals surface area contributed by atoms with Gasteiger partial charge in [-0.3, -0.25) is 9.59 Å². The van der Waals surface area contributed by atoms with Crippen molar-refractivity contribution in [2.75, 3.05) is 6.54 Å². The van der Waals surface area contributed by atoms with Crippen molar-refractivity contribution in [3.05, 3.63) is 96.3 Å². The van der Waals surface area contributed by atoms with E-state index < -0.39 is 6.04 Å². The van der Waals surface area contributed by atoms with Crippen molar-refractivity contribution >= 4 is 28.5 Å². The second-order valence-corrected chi connectivity index (χ2v) is 10.6. The number of amides is 2. The van der Waals surface area contributed by atoms with E-state index in [-0.39, 0.29) is 17.6 Å². The molecular weight excluding hydrogens is 542 g/mol. The predicted octanol–water partition coefficient (Wildman–Crippen LogP) is 4.81. The molecule has 0 unspecified atom stereocenters. The van der Waals surface area contributed by atoms with Crippen molar-refractivity contribution in [2.24, 2.45) is 0 Å². The number of para-hydroxylation sites is 1. The molecule has 0 radical (unpaired) electrons. The van der Waals surface area contributed by atoms with Crippen LogP contribution >= 0.6 is 0 Å². The van der Waals surface area contributed by atoms with Gasteiger partial charge < -0.3 is 20.4 Å². The topological polar surface area (TPSA) is 135 Å². The molecule has 43 heavy (non-hydrogen) atoms. The molecule has 0 spiro atoms. The number of H-pyrrole nitrogens is 1. The summed E-state index contributed by atoms with van der Waals surface area (Å²) >= 11 is 0. The maximum absolute atomic E-state index is 13.5. The molecule has 5 rings (SSSR count). The van der Waals surface area contributed by atoms with E-state index in [1.165, 1.54) is 11.0 Å². The molecule has 0 fully saturated rings. The van der Waals surface area contributed by atoms with Gasteiger partial charge in [0.05, 0.1) is 5.69 Å². The van der Waals surface area contributed by atoms with E-state index >= 15 is 0 Å². The van der Waals surface area contributed by atoms with Crippen LogP contribution in [0.15, 0.2) is 85.2 Å². The molecule has 10 nitrogen and oxygen atoms in total. The summed E-state index contributed by atoms with van der Waals surface area (Å²) in [6.07, 6.45) is 5.31. The van der Waals surface area contributed by atoms with E-state index in [0.717, 1.165) is 40.6 Å². The summed E-state index contributed by atoms with van der Waals surface area (Å²) in [5.74, 6) is -0.448. The third-order valence-corrected chi connectivity index (χ3v) is 7.42. The number of carbonyl (C=O) groups excluding carboxylic acids is 3. The number of hydrogen-bond donors (Lipinski definition) is 3. The van der Waals surface area contributed by atoms with Gasteiger partial charge in [-0.15, -0.1) is 5.10 Å². The minimum Gasteiger partial charge on any atom is -0.354 e. The second kappa shape index (κ2) is 14.2. The first-order valence-corrected chi connectivity index (χ1v) is 14.6. The van der Waals surface area contributed by atoms with Crippen LogP contribution in [0.5, 0.6) is 0 Å². The molecule has 0 aliphatic heterocycles. The third kappa shape index (κ3) is 7.59. The Labute approximate surface area is 249 Å². The summed E-state index contributed by atoms with van der Waals surface area (Å²) in [6, 6.07) is 24.5. The molecule has 0 bridgehead atoms. The highest BCUT2D eigenvalue weighted by Crippen LogP contribution is 2.30. The van der Waals surface area contributed by atoms with Crippen LogP contribution in [0, 0.1) is 0 Å². The molecule has 0 aliphatic carbocycles. The van der Waals surface area contributed by atoms with E-state index in [9.17, 15) is 14.4 Å². The summed E-state index contributed by atoms with van der Waals surface area (Å²) in [6.45, 7) is 1.99. The van der Waals surface area contributed by atoms with Gasteiger partial charge in [-0.25, -0.2) is 4.68 Å². The van der Waals surface area contributed by atoms with Gasteiger partial charge >= 0.3 is 0 Å². The lowest BCUT2D eigenvalue weighted by Crippen LogP contribution is -2.47. The Morgan fingerprint density at radius 1 is 0.930 bits per heavy atom. The fraction of sp³-hybridized carbons (Fsp3) is 0.273. The zero-order valence-electron chi connectivity index (χ0n) is 24.1. The molecule has 2 amide bonds. The quantitative estimate of drug-likeness (QED) is 0.162. The summed E-state index contributed by atoms with van der Waals surface area (Å²) in [5, 5.41) is 18.3. The van der Waals surface area contributed by atoms with E-state index in [1.807, 2.05) is 30.3 Å². The van der Waals surface area contributed by atoms with Crippen molar-refractivity contribution in [1.82, 2.24) is 35.8 Å². The van der Waals surface area contributed by atoms with E-state index in [4.69, 9.17) is 0 Å². The standard InChI is InChI=1S/C33H35N7O3/c1-23(41)11-4-2-7-18-30(37-32(42)25-14-10-15-26(21-25)40-22-35-38-39-40)33(43)34-20-19-28-27-16-8-9-17-29(27)36-31(28)24-12-5-3-6-13-24/h3,5-6,8-10,12-17,21-22,30,36H,2,4,7,11,18-20H2,1H3,(H,34,43)(H,37,42)/t30-/m0/s1. The van der Waals surface area contributed by atoms with Crippen LogP contribution in [-0.2, 0) is 16.0 Å². The summed E-state index contributed by atoms with van der Waals surface area (Å²) < 4.78 is 1.46. The summed E-state index contributed by atoms with van der Waals surface area (Å²) in [7, 11) is 0. The molecule has 0 aliphatic rings. The number of tetrazole rings is 1. The lowest BCUT2D eigenvalue weighted by Gasteiger charge is -2.19. The van der Waals surface area contributed by atoms with E-state index in [1.54, 1.807) is 31.2 Å². The normalized spacial score (nSPS) is 11.7. The smallest absolute Gasteiger partial charge is 0.252 e. The highest BCUT2D eigenvalue weighted by Gasteiger charge is 2.22. The lowest BCUT2D eigenvalue weighted by molar-refractivity contribution is -0.123. The Hall–Kier alpha value is -5.12. The third-order valence-electron chi connectivity index (χ3n) is 7.42. The van der Waals surface area contributed by atoms with Gasteiger partial charge in [0.25, 0.3) is 5.91 Å². The summed E-state index contributed by atoms with van der Waals surface area (Å²) in [4.78, 5) is 41.6. The Morgan fingerprint density at radius 3 is 2.53 bits per heavy atom. The Morgan fingerprint density at radius 2 is 1.74 bits per heavy atom. The number of fused-ring (bicyclic) bond motifs is 1. The van der Waals surface area contributed by atoms with Gasteiger partial charge in [0.1, 0.15) is 18.2 Å². The molecule has 0 saturated heterocycles. The summed E-state index contributed by atoms with van der Waals surface area (Å²) in [5.41, 5.74) is 5.33. The van der Waals surface area contributed by atoms with Gasteiger partial charge in [-0.1, -0.05) is 67.4 Å². The van der Waals surface area contributed by atoms with Gasteiger partial charge in [0, 0.05) is 35.1 Å². The number of nitrogens with zero attached hydrogens (tertiary/aromatic N) is 4. The number of Topliss-reactive ketones (excluding diaryl/α,β-unsaturated/α-hetero) is 1. The fourth-order valence-electron chi connectivity index (χ4n) is 5.22. The number of rotatable bonds is 14. The highest BCUT2D eigenvalue weighted by molar-refractivity contribution is 5.98. The van der Waals surface area contributed by atoms with Crippen LogP contribution in [0.2, 0.25) is 0 Å². The fourth-order valence-corrected chi connectivity index (χ4v) is 5.22. The Balaban J connectivity index is 1.27. The minimum absolute atomic E-state index is 0.150. The van der Waals surface area contributed by atoms with Crippen LogP contribution in [0.3, 0.4) is 0 Å². The number of ketones is 1. The second-order valence-electron chi connectivity index (χ2n) is 10.6. The number of aromatic nitrogens is 5. The number of hydrogen-bond acceptors (Lipinski definition) is 6. The maximum atomic E-state index is 13.5. The van der Waals surface area contributed by atoms with Crippen molar-refractivity contribution < 1.29 is 14.4 Å². The average Bonchev–Trinajstić information content (AvgIpc) is 3.70. The number of nitrogens with one attached hydrogen (secondary N) is 3. The monoisotopic (exact) mass is 577 g/mol. The zero-order valence-corrected chi connectivity index (χ0v) is 24.1. The number of carbonyl (C=O) groups is 3. The first kappa shape index (κ1) is 29.4. The van der Waals surface area contributed by atoms with Crippen LogP contribution in [0.25, 0.3) is 27.8 Å². The lowest BCUT2D eigenvalue weighted by atomic mass is 10.0. The first-order valence-electron chi connectivity index (χ1n) is 14.6. The SMILES string of the molecule is CC(=O)CCCCC[C@H](NC(=O)c1cccc(-n2cnnn2)c1)C(=O)NCCc1c(-c2ccccc2)[nH]c2ccccc12. The van der Waals surface area contributed by atoms with Crippen molar-refractivity contribution in [3.63, 3.8) is 0 Å². The molecule has 220 valence electrons. The largest absolute Gasteiger partial charge is 0.354 e. The van der Waals surface area contributed by atoms with Crippen molar-refractivity contribution in [1.29, 1.82) is 0 Å². The van der Waals surface area contributed by atoms with Crippen LogP contribution in [0.1, 0.15) is 54.9 Å². The minimum atomic E-state index is -0.724. The molecule has 1 atom stereocenters. The van der Waals surface area contributed by atoms with Gasteiger partial charge in [-0.05, 0) is 72.0 Å². The van der Waals surface area contributed by atoms with E-state index in [2.05, 4.69) is 55.4 Å². The molecule has 3 aromatic carbocycles. The Bertz CT molecular complexity index is 1680. The average molecular weight is 578 g/mol. The number of unbranched alkanes of at least 4 members (excludes halogenated alkanes) is 2. The molecule has 5 aromatic rings. The number of benzene rings is 3. The predicted molar refractivity (Wildman–Crippen MR) is 165 cm³/mol. The highest BCUT2D eigenvalue weighted by atomic mass is 16.2. The van der Waals surface area contributed by atoms with Crippen molar-refractivity contribution in [3.8, 4) is 16.9 Å². The van der Waals surface area contributed by atoms with Gasteiger partial charge in [0.2, 0.25) is 5.91 Å². The Kier molecular flexibility index (Phi) is 9.68. The molecule has 2 heterocycles. The van der Waals surface area contributed by atoms with Crippen LogP contribution < -0.4 is 10.6 Å². The van der Waals surface area contributed by atoms with Gasteiger partial charge in [-0.2, -0.15) is 0 Å². The van der Waals surface area contributed by atoms with Crippen LogP contribution in [0.4, 0.5) is 0 Å². The molecule has 2 aromatic heterocycles. The first-order chi connectivity index (χ1) is 21.0. The van der Waals surface area contributed by atoms with E-state index in [0.29, 0.717) is 43.5 Å². The van der Waals surface area contributed by atoms with Gasteiger partial charge in [0.15, 0.2) is 0 Å². The zero-order chi connectivity index (χ0) is 30.0. The number of aromatic amines is 1. The maximum Gasteiger partial charge on any atom is 0.252 e.